The van der Waals surface area contributed by atoms with Crippen LogP contribution in [0.1, 0.15) is 61.0 Å². The Labute approximate surface area is 382 Å². The number of allylic oxidation sites excluding steroid dienone is 1. The normalized spacial score (nSPS) is 22.2. The van der Waals surface area contributed by atoms with Gasteiger partial charge in [-0.1, -0.05) is 43.2 Å². The van der Waals surface area contributed by atoms with Crippen molar-refractivity contribution in [3.05, 3.63) is 117 Å². The van der Waals surface area contributed by atoms with Crippen molar-refractivity contribution < 1.29 is 32.3 Å². The average Bonchev–Trinajstić information content (AvgIpc) is 4.05. The van der Waals surface area contributed by atoms with Gasteiger partial charge in [-0.05, 0) is 85.1 Å². The molecule has 3 fully saturated rings. The van der Waals surface area contributed by atoms with Crippen molar-refractivity contribution in [2.75, 3.05) is 63.9 Å². The highest BCUT2D eigenvalue weighted by Gasteiger charge is 2.41. The second-order valence-corrected chi connectivity index (χ2v) is 21.0. The molecule has 340 valence electrons. The minimum atomic E-state index is -4.63. The first-order chi connectivity index (χ1) is 31.2. The predicted octanol–water partition coefficient (Wildman–Crippen LogP) is 7.85. The highest BCUT2D eigenvalue weighted by molar-refractivity contribution is 7.90. The van der Waals surface area contributed by atoms with E-state index in [1.807, 2.05) is 18.2 Å². The fourth-order valence-electron chi connectivity index (χ4n) is 10.2. The summed E-state index contributed by atoms with van der Waals surface area (Å²) in [5, 5.41) is 13.9. The van der Waals surface area contributed by atoms with E-state index in [4.69, 9.17) is 25.8 Å². The summed E-state index contributed by atoms with van der Waals surface area (Å²) < 4.78 is 48.2. The van der Waals surface area contributed by atoms with Gasteiger partial charge in [0.1, 0.15) is 22.9 Å². The number of amides is 1. The van der Waals surface area contributed by atoms with Crippen LogP contribution in [0, 0.1) is 21.4 Å². The van der Waals surface area contributed by atoms with E-state index in [-0.39, 0.29) is 46.8 Å². The lowest BCUT2D eigenvalue weighted by Crippen LogP contribution is -2.47. The number of nitro benzene ring substituents is 1. The summed E-state index contributed by atoms with van der Waals surface area (Å²) in [4.78, 5) is 40.0. The highest BCUT2D eigenvalue weighted by atomic mass is 35.5. The Balaban J connectivity index is 0.872. The number of carbonyl (C=O) groups is 1. The second-order valence-electron chi connectivity index (χ2n) is 18.9. The van der Waals surface area contributed by atoms with Crippen LogP contribution in [0.5, 0.6) is 17.2 Å². The SMILES string of the molecule is CC1(C)CCC(CN2CCN(c3ccc(C(=O)NS(=O)(=O)c4cc5c(c([N+](=O)[O-])c4)C[C@H](CN4C[C@@H]6C[C@H]4CO6)CO5)c(Oc4cnc5[nH]ccc5c4)c3)CC2)=C(c2ccc(Cl)cc2)C1. The molecule has 0 radical (unpaired) electrons. The maximum absolute atomic E-state index is 14.1. The number of nitrogens with zero attached hydrogens (tertiary/aromatic N) is 5. The van der Waals surface area contributed by atoms with Crippen LogP contribution < -0.4 is 19.1 Å². The molecule has 3 saturated heterocycles. The number of fused-ring (bicyclic) bond motifs is 4. The van der Waals surface area contributed by atoms with Crippen LogP contribution in [0.15, 0.2) is 89.6 Å². The Morgan fingerprint density at radius 2 is 1.88 bits per heavy atom. The number of morpholine rings is 1. The molecule has 0 spiro atoms. The number of anilines is 1. The fraction of sp³-hybridized carbons (Fsp3) is 0.417. The third kappa shape index (κ3) is 9.19. The number of pyridine rings is 1. The summed E-state index contributed by atoms with van der Waals surface area (Å²) in [5.41, 5.74) is 5.73. The van der Waals surface area contributed by atoms with E-state index in [1.165, 1.54) is 29.0 Å². The topological polar surface area (TPSA) is 172 Å². The first-order valence-corrected chi connectivity index (χ1v) is 24.2. The molecule has 3 atom stereocenters. The molecule has 5 aliphatic rings. The summed E-state index contributed by atoms with van der Waals surface area (Å²) in [6, 6.07) is 19.5. The molecular formula is C48H52ClN7O8S. The lowest BCUT2D eigenvalue weighted by atomic mass is 9.72. The van der Waals surface area contributed by atoms with Gasteiger partial charge in [0.2, 0.25) is 0 Å². The molecule has 2 bridgehead atoms. The number of hydrogen-bond acceptors (Lipinski definition) is 12. The van der Waals surface area contributed by atoms with Crippen LogP contribution in [-0.4, -0.2) is 110 Å². The number of nitro groups is 1. The molecule has 3 aromatic carbocycles. The number of H-pyrrole nitrogens is 1. The van der Waals surface area contributed by atoms with E-state index in [1.54, 1.807) is 30.5 Å². The van der Waals surface area contributed by atoms with Gasteiger partial charge in [-0.25, -0.2) is 18.1 Å². The Morgan fingerprint density at radius 3 is 2.63 bits per heavy atom. The van der Waals surface area contributed by atoms with Crippen LogP contribution in [0.3, 0.4) is 0 Å². The van der Waals surface area contributed by atoms with Crippen LogP contribution in [0.25, 0.3) is 16.6 Å². The zero-order valence-electron chi connectivity index (χ0n) is 36.4. The number of sulfonamides is 1. The molecule has 2 aromatic heterocycles. The van der Waals surface area contributed by atoms with Gasteiger partial charge in [-0.15, -0.1) is 0 Å². The monoisotopic (exact) mass is 921 g/mol. The summed E-state index contributed by atoms with van der Waals surface area (Å²) >= 11 is 6.25. The molecule has 5 aromatic rings. The second kappa shape index (κ2) is 17.4. The Hall–Kier alpha value is -5.52. The first-order valence-electron chi connectivity index (χ1n) is 22.3. The summed E-state index contributed by atoms with van der Waals surface area (Å²) in [7, 11) is -4.63. The van der Waals surface area contributed by atoms with E-state index in [9.17, 15) is 23.3 Å². The Bertz CT molecular complexity index is 2810. The van der Waals surface area contributed by atoms with Gasteiger partial charge in [-0.3, -0.25) is 24.7 Å². The van der Waals surface area contributed by atoms with E-state index >= 15 is 0 Å². The van der Waals surface area contributed by atoms with Gasteiger partial charge in [0, 0.05) is 98.3 Å². The molecule has 10 rings (SSSR count). The Kier molecular flexibility index (Phi) is 11.6. The number of halogens is 1. The third-order valence-electron chi connectivity index (χ3n) is 13.7. The van der Waals surface area contributed by atoms with E-state index < -0.39 is 25.7 Å². The zero-order chi connectivity index (χ0) is 45.0. The van der Waals surface area contributed by atoms with E-state index in [0.717, 1.165) is 87.1 Å². The Morgan fingerprint density at radius 1 is 1.06 bits per heavy atom. The molecule has 0 unspecified atom stereocenters. The quantitative estimate of drug-likeness (QED) is 0.0919. The third-order valence-corrected chi connectivity index (χ3v) is 15.3. The first kappa shape index (κ1) is 43.4. The largest absolute Gasteiger partial charge is 0.493 e. The van der Waals surface area contributed by atoms with Gasteiger partial charge in [0.25, 0.3) is 21.6 Å². The van der Waals surface area contributed by atoms with Crippen molar-refractivity contribution in [2.24, 2.45) is 11.3 Å². The maximum Gasteiger partial charge on any atom is 0.277 e. The van der Waals surface area contributed by atoms with Gasteiger partial charge >= 0.3 is 0 Å². The summed E-state index contributed by atoms with van der Waals surface area (Å²) in [5.74, 6) is -0.375. The lowest BCUT2D eigenvalue weighted by molar-refractivity contribution is -0.386. The molecule has 17 heteroatoms. The lowest BCUT2D eigenvalue weighted by Gasteiger charge is -2.39. The fourth-order valence-corrected chi connectivity index (χ4v) is 11.3. The number of ether oxygens (including phenoxy) is 3. The van der Waals surface area contributed by atoms with Crippen LogP contribution in [-0.2, 0) is 21.2 Å². The number of hydrogen-bond donors (Lipinski definition) is 2. The summed E-state index contributed by atoms with van der Waals surface area (Å²) in [6.07, 6.45) is 8.05. The number of nitrogens with one attached hydrogen (secondary N) is 2. The van der Waals surface area contributed by atoms with E-state index in [0.29, 0.717) is 42.6 Å². The molecule has 6 heterocycles. The van der Waals surface area contributed by atoms with Crippen molar-refractivity contribution in [3.8, 4) is 17.2 Å². The van der Waals surface area contributed by atoms with Crippen LogP contribution in [0.4, 0.5) is 11.4 Å². The van der Waals surface area contributed by atoms with Crippen molar-refractivity contribution in [1.29, 1.82) is 0 Å². The minimum Gasteiger partial charge on any atom is -0.493 e. The highest BCUT2D eigenvalue weighted by Crippen LogP contribution is 2.44. The maximum atomic E-state index is 14.1. The number of aromatic nitrogens is 2. The van der Waals surface area contributed by atoms with Crippen LogP contribution in [0.2, 0.25) is 5.02 Å². The zero-order valence-corrected chi connectivity index (χ0v) is 38.0. The average molecular weight is 923 g/mol. The predicted molar refractivity (Wildman–Crippen MR) is 247 cm³/mol. The van der Waals surface area contributed by atoms with Gasteiger partial charge in [0.15, 0.2) is 0 Å². The minimum absolute atomic E-state index is 0.0119. The number of benzene rings is 3. The molecule has 4 aliphatic heterocycles. The molecule has 1 amide bonds. The molecule has 15 nitrogen and oxygen atoms in total. The van der Waals surface area contributed by atoms with Gasteiger partial charge in [0.05, 0.1) is 46.5 Å². The number of likely N-dealkylation sites (tertiary alicyclic amines) is 1. The van der Waals surface area contributed by atoms with Crippen LogP contribution >= 0.6 is 11.6 Å². The van der Waals surface area contributed by atoms with Crippen molar-refractivity contribution >= 4 is 55.5 Å². The van der Waals surface area contributed by atoms with Gasteiger partial charge in [-0.2, -0.15) is 0 Å². The van der Waals surface area contributed by atoms with Crippen molar-refractivity contribution in [2.45, 2.75) is 63.0 Å². The van der Waals surface area contributed by atoms with E-state index in [2.05, 4.69) is 55.4 Å². The molecule has 0 saturated carbocycles. The van der Waals surface area contributed by atoms with Gasteiger partial charge < -0.3 is 24.1 Å². The standard InChI is InChI=1S/C48H52ClN7O8S/c1-48(2)11-9-33(42(23-48)31-3-5-34(49)6-4-31)26-53-13-15-54(16-14-53)35-7-8-40(45(20-35)64-37-18-32-10-12-50-46(32)51-24-37)47(57)52-65(60,61)39-21-43(56(58)59)41-17-30(28-63-44(41)22-39)25-55-27-38-19-36(55)29-62-38/h3-8,10,12,18,20-22,24,30,36,38H,9,11,13-17,19,23,25-29H2,1-2H3,(H,50,51)(H,52,57)/t30-,36+,38+/m1/s1. The summed E-state index contributed by atoms with van der Waals surface area (Å²) in [6.45, 7) is 11.1. The molecule has 65 heavy (non-hydrogen) atoms. The van der Waals surface area contributed by atoms with Crippen molar-refractivity contribution in [3.63, 3.8) is 0 Å². The molecule has 2 N–H and O–H groups in total. The number of aromatic amines is 1. The number of piperazine rings is 1. The smallest absolute Gasteiger partial charge is 0.277 e. The molecule has 1 aliphatic carbocycles. The number of carbonyl (C=O) groups excluding carboxylic acids is 1. The number of rotatable bonds is 12. The van der Waals surface area contributed by atoms with Crippen molar-refractivity contribution in [1.82, 2.24) is 24.5 Å². The molecular weight excluding hydrogens is 870 g/mol.